The SMILES string of the molecule is CC(=O)[C@@]1(O)CC[C@@H]2[C@H]3CCC4=C/C(=N/OCC(=O)N[C@@H](CCC(N)=O)C(=O)O)CC[C@]4(C)[C@H]3CC[C@@]21C. The van der Waals surface area contributed by atoms with E-state index in [-0.39, 0.29) is 29.5 Å². The number of nitrogens with two attached hydrogens (primary N) is 1. The van der Waals surface area contributed by atoms with Gasteiger partial charge >= 0.3 is 5.97 Å². The maximum atomic E-state index is 12.4. The molecule has 0 aliphatic heterocycles. The first kappa shape index (κ1) is 28.3. The molecule has 210 valence electrons. The summed E-state index contributed by atoms with van der Waals surface area (Å²) in [6, 6.07) is -1.22. The Hall–Kier alpha value is -2.75. The van der Waals surface area contributed by atoms with E-state index in [4.69, 9.17) is 10.6 Å². The van der Waals surface area contributed by atoms with Crippen LogP contribution in [0.25, 0.3) is 0 Å². The summed E-state index contributed by atoms with van der Waals surface area (Å²) >= 11 is 0. The van der Waals surface area contributed by atoms with Crippen molar-refractivity contribution in [1.29, 1.82) is 0 Å². The Morgan fingerprint density at radius 3 is 2.50 bits per heavy atom. The first-order chi connectivity index (χ1) is 17.8. The van der Waals surface area contributed by atoms with Gasteiger partial charge in [-0.25, -0.2) is 4.79 Å². The van der Waals surface area contributed by atoms with Crippen molar-refractivity contribution in [1.82, 2.24) is 5.32 Å². The van der Waals surface area contributed by atoms with Crippen LogP contribution in [0.1, 0.15) is 85.0 Å². The molecule has 0 bridgehead atoms. The zero-order valence-corrected chi connectivity index (χ0v) is 22.6. The van der Waals surface area contributed by atoms with E-state index in [2.05, 4.69) is 30.4 Å². The lowest BCUT2D eigenvalue weighted by molar-refractivity contribution is -0.159. The number of carboxylic acids is 1. The number of nitrogens with one attached hydrogen (secondary N) is 1. The van der Waals surface area contributed by atoms with E-state index in [0.29, 0.717) is 30.6 Å². The van der Waals surface area contributed by atoms with E-state index in [0.717, 1.165) is 44.2 Å². The highest BCUT2D eigenvalue weighted by Crippen LogP contribution is 2.67. The molecule has 0 unspecified atom stereocenters. The average Bonchev–Trinajstić information content (AvgIpc) is 3.13. The number of carbonyl (C=O) groups is 4. The lowest BCUT2D eigenvalue weighted by Crippen LogP contribution is -2.57. The molecule has 4 rings (SSSR count). The van der Waals surface area contributed by atoms with Gasteiger partial charge in [-0.05, 0) is 94.0 Å². The molecule has 0 heterocycles. The molecule has 3 fully saturated rings. The highest BCUT2D eigenvalue weighted by atomic mass is 16.6. The fraction of sp³-hybridized carbons (Fsp3) is 0.750. The standard InChI is InChI=1S/C28H41N3O7/c1-16(32)28(37)13-10-21-19-5-4-17-14-18(8-11-26(17,2)20(19)9-12-27(21,28)3)31-38-15-24(34)30-22(25(35)36)6-7-23(29)33/h14,19-22,37H,4-13,15H2,1-3H3,(H2,29,33)(H,30,34)(H,35,36)/b31-18+/t19-,20-,21+,22-,26-,27-,28-/m0/s1. The van der Waals surface area contributed by atoms with Crippen molar-refractivity contribution < 1.29 is 34.2 Å². The first-order valence-electron chi connectivity index (χ1n) is 13.8. The molecule has 7 atom stereocenters. The Labute approximate surface area is 223 Å². The van der Waals surface area contributed by atoms with E-state index in [1.807, 2.05) is 0 Å². The summed E-state index contributed by atoms with van der Waals surface area (Å²) in [5.41, 5.74) is 5.64. The van der Waals surface area contributed by atoms with Crippen LogP contribution in [0.2, 0.25) is 0 Å². The number of carboxylic acid groups (broad SMARTS) is 1. The number of carbonyl (C=O) groups excluding carboxylic acids is 3. The summed E-state index contributed by atoms with van der Waals surface area (Å²) in [5.74, 6) is -1.28. The molecular formula is C28H41N3O7. The van der Waals surface area contributed by atoms with Crippen molar-refractivity contribution in [3.8, 4) is 0 Å². The number of amides is 2. The number of aliphatic carboxylic acids is 1. The van der Waals surface area contributed by atoms with Gasteiger partial charge in [0.1, 0.15) is 11.6 Å². The molecule has 0 aromatic carbocycles. The zero-order valence-electron chi connectivity index (χ0n) is 22.6. The van der Waals surface area contributed by atoms with E-state index in [1.54, 1.807) is 0 Å². The smallest absolute Gasteiger partial charge is 0.326 e. The molecule has 0 aromatic heterocycles. The van der Waals surface area contributed by atoms with Crippen molar-refractivity contribution in [2.75, 3.05) is 6.61 Å². The Morgan fingerprint density at radius 1 is 1.13 bits per heavy atom. The van der Waals surface area contributed by atoms with E-state index in [9.17, 15) is 29.4 Å². The molecule has 0 aromatic rings. The fourth-order valence-corrected chi connectivity index (χ4v) is 8.19. The largest absolute Gasteiger partial charge is 0.480 e. The third-order valence-electron chi connectivity index (χ3n) is 10.4. The maximum Gasteiger partial charge on any atom is 0.326 e. The van der Waals surface area contributed by atoms with Crippen LogP contribution in [0.3, 0.4) is 0 Å². The van der Waals surface area contributed by atoms with Crippen molar-refractivity contribution in [3.05, 3.63) is 11.6 Å². The topological polar surface area (TPSA) is 168 Å². The molecule has 4 aliphatic rings. The number of fused-ring (bicyclic) bond motifs is 5. The third kappa shape index (κ3) is 4.87. The molecule has 38 heavy (non-hydrogen) atoms. The maximum absolute atomic E-state index is 12.4. The quantitative estimate of drug-likeness (QED) is 0.331. The van der Waals surface area contributed by atoms with Gasteiger partial charge in [0.2, 0.25) is 5.91 Å². The highest BCUT2D eigenvalue weighted by Gasteiger charge is 2.65. The van der Waals surface area contributed by atoms with Crippen LogP contribution in [0.4, 0.5) is 0 Å². The first-order valence-corrected chi connectivity index (χ1v) is 13.8. The third-order valence-corrected chi connectivity index (χ3v) is 10.4. The fourth-order valence-electron chi connectivity index (χ4n) is 8.19. The number of allylic oxidation sites excluding steroid dienone is 2. The summed E-state index contributed by atoms with van der Waals surface area (Å²) < 4.78 is 0. The summed E-state index contributed by atoms with van der Waals surface area (Å²) in [5, 5.41) is 27.0. The van der Waals surface area contributed by atoms with Gasteiger partial charge in [-0.3, -0.25) is 14.4 Å². The number of Topliss-reactive ketones (excluding diaryl/α,β-unsaturated/α-hetero) is 1. The highest BCUT2D eigenvalue weighted by molar-refractivity contribution is 5.96. The second-order valence-corrected chi connectivity index (χ2v) is 12.2. The summed E-state index contributed by atoms with van der Waals surface area (Å²) in [6.07, 6.45) is 8.75. The second-order valence-electron chi connectivity index (χ2n) is 12.2. The minimum absolute atomic E-state index is 0.0344. The molecule has 0 saturated heterocycles. The summed E-state index contributed by atoms with van der Waals surface area (Å²) in [7, 11) is 0. The van der Waals surface area contributed by atoms with E-state index >= 15 is 0 Å². The van der Waals surface area contributed by atoms with Crippen molar-refractivity contribution in [2.24, 2.45) is 39.5 Å². The molecule has 10 nitrogen and oxygen atoms in total. The molecule has 5 N–H and O–H groups in total. The predicted octanol–water partition coefficient (Wildman–Crippen LogP) is 2.48. The number of hydrogen-bond acceptors (Lipinski definition) is 7. The van der Waals surface area contributed by atoms with Crippen LogP contribution in [0, 0.1) is 28.6 Å². The Balaban J connectivity index is 1.38. The van der Waals surface area contributed by atoms with Gasteiger partial charge < -0.3 is 26.1 Å². The minimum atomic E-state index is -1.25. The van der Waals surface area contributed by atoms with Gasteiger partial charge in [0.05, 0.1) is 5.71 Å². The van der Waals surface area contributed by atoms with Crippen LogP contribution in [-0.2, 0) is 24.0 Å². The van der Waals surface area contributed by atoms with Gasteiger partial charge in [-0.15, -0.1) is 0 Å². The Morgan fingerprint density at radius 2 is 1.84 bits per heavy atom. The van der Waals surface area contributed by atoms with Gasteiger partial charge in [0.25, 0.3) is 5.91 Å². The van der Waals surface area contributed by atoms with Crippen LogP contribution in [-0.4, -0.2) is 57.7 Å². The number of primary amides is 1. The van der Waals surface area contributed by atoms with Crippen LogP contribution in [0.5, 0.6) is 0 Å². The van der Waals surface area contributed by atoms with Crippen molar-refractivity contribution in [3.63, 3.8) is 0 Å². The summed E-state index contributed by atoms with van der Waals surface area (Å²) in [4.78, 5) is 52.1. The monoisotopic (exact) mass is 531 g/mol. The van der Waals surface area contributed by atoms with Gasteiger partial charge in [-0.1, -0.05) is 24.6 Å². The molecule has 0 radical (unpaired) electrons. The molecule has 2 amide bonds. The number of rotatable bonds is 9. The number of oxime groups is 1. The van der Waals surface area contributed by atoms with Gasteiger partial charge in [0.15, 0.2) is 12.4 Å². The minimum Gasteiger partial charge on any atom is -0.480 e. The molecule has 3 saturated carbocycles. The van der Waals surface area contributed by atoms with Crippen LogP contribution >= 0.6 is 0 Å². The molecular weight excluding hydrogens is 490 g/mol. The van der Waals surface area contributed by atoms with E-state index < -0.39 is 36.0 Å². The number of aliphatic hydroxyl groups is 1. The molecule has 10 heteroatoms. The lowest BCUT2D eigenvalue weighted by Gasteiger charge is -2.59. The lowest BCUT2D eigenvalue weighted by atomic mass is 9.46. The number of ketones is 1. The van der Waals surface area contributed by atoms with Crippen LogP contribution in [0.15, 0.2) is 16.8 Å². The molecule has 4 aliphatic carbocycles. The average molecular weight is 532 g/mol. The normalized spacial score (nSPS) is 37.7. The van der Waals surface area contributed by atoms with E-state index in [1.165, 1.54) is 12.5 Å². The Kier molecular flexibility index (Phi) is 7.76. The van der Waals surface area contributed by atoms with Gasteiger partial charge in [-0.2, -0.15) is 0 Å². The second kappa shape index (κ2) is 10.4. The van der Waals surface area contributed by atoms with Crippen molar-refractivity contribution >= 4 is 29.3 Å². The molecule has 0 spiro atoms. The predicted molar refractivity (Wildman–Crippen MR) is 139 cm³/mol. The zero-order chi connectivity index (χ0) is 27.9. The van der Waals surface area contributed by atoms with Crippen LogP contribution < -0.4 is 11.1 Å². The number of hydrogen-bond donors (Lipinski definition) is 4. The van der Waals surface area contributed by atoms with Gasteiger partial charge in [0, 0.05) is 11.8 Å². The number of nitrogens with zero attached hydrogens (tertiary/aromatic N) is 1. The van der Waals surface area contributed by atoms with Crippen molar-refractivity contribution in [2.45, 2.75) is 96.6 Å². The summed E-state index contributed by atoms with van der Waals surface area (Å²) in [6.45, 7) is 5.58. The Bertz CT molecular complexity index is 1070.